The van der Waals surface area contributed by atoms with E-state index in [1.807, 2.05) is 24.3 Å². The van der Waals surface area contributed by atoms with Gasteiger partial charge in [-0.3, -0.25) is 4.79 Å². The molecule has 7 nitrogen and oxygen atoms in total. The molecule has 2 aromatic heterocycles. The number of rotatable bonds is 5. The summed E-state index contributed by atoms with van der Waals surface area (Å²) < 4.78 is 25.2. The molecule has 0 saturated carbocycles. The Labute approximate surface area is 170 Å². The van der Waals surface area contributed by atoms with Crippen molar-refractivity contribution in [3.8, 4) is 34.3 Å². The minimum absolute atomic E-state index is 0.0319. The van der Waals surface area contributed by atoms with E-state index in [-0.39, 0.29) is 29.4 Å². The highest BCUT2D eigenvalue weighted by Gasteiger charge is 2.17. The molecule has 4 aromatic rings. The zero-order valence-corrected chi connectivity index (χ0v) is 15.8. The third-order valence-electron chi connectivity index (χ3n) is 4.37. The first-order valence-corrected chi connectivity index (χ1v) is 9.00. The van der Waals surface area contributed by atoms with Crippen molar-refractivity contribution < 1.29 is 13.7 Å². The molecule has 2 aromatic carbocycles. The van der Waals surface area contributed by atoms with Gasteiger partial charge in [0.25, 0.3) is 11.4 Å². The van der Waals surface area contributed by atoms with Gasteiger partial charge >= 0.3 is 0 Å². The number of aryl methyl sites for hydroxylation is 1. The average Bonchev–Trinajstić information content (AvgIpc) is 3.22. The van der Waals surface area contributed by atoms with Crippen molar-refractivity contribution in [2.45, 2.75) is 13.5 Å². The van der Waals surface area contributed by atoms with Gasteiger partial charge in [0.2, 0.25) is 5.82 Å². The Morgan fingerprint density at radius 1 is 1.17 bits per heavy atom. The number of aromatic amines is 1. The Bertz CT molecular complexity index is 1310. The van der Waals surface area contributed by atoms with E-state index < -0.39 is 11.4 Å². The Kier molecular flexibility index (Phi) is 5.09. The quantitative estimate of drug-likeness (QED) is 0.541. The molecule has 0 aliphatic rings. The summed E-state index contributed by atoms with van der Waals surface area (Å²) in [7, 11) is 0. The third kappa shape index (κ3) is 3.82. The molecule has 8 heteroatoms. The molecule has 0 spiro atoms. The van der Waals surface area contributed by atoms with Gasteiger partial charge in [-0.15, -0.1) is 0 Å². The zero-order chi connectivity index (χ0) is 21.1. The van der Waals surface area contributed by atoms with Crippen LogP contribution in [0.1, 0.15) is 17.1 Å². The average molecular weight is 402 g/mol. The molecular formula is C22H15FN4O3. The third-order valence-corrected chi connectivity index (χ3v) is 4.37. The van der Waals surface area contributed by atoms with E-state index in [9.17, 15) is 14.4 Å². The van der Waals surface area contributed by atoms with Crippen molar-refractivity contribution in [2.24, 2.45) is 0 Å². The number of H-pyrrole nitrogens is 1. The van der Waals surface area contributed by atoms with Crippen LogP contribution < -0.4 is 10.3 Å². The predicted molar refractivity (Wildman–Crippen MR) is 106 cm³/mol. The number of pyridine rings is 1. The number of nitriles is 1. The van der Waals surface area contributed by atoms with Gasteiger partial charge in [-0.05, 0) is 42.8 Å². The van der Waals surface area contributed by atoms with Crippen LogP contribution in [-0.4, -0.2) is 15.1 Å². The predicted octanol–water partition coefficient (Wildman–Crippen LogP) is 3.99. The normalized spacial score (nSPS) is 10.6. The maximum absolute atomic E-state index is 14.5. The summed E-state index contributed by atoms with van der Waals surface area (Å²) in [4.78, 5) is 18.8. The van der Waals surface area contributed by atoms with Crippen molar-refractivity contribution in [2.75, 3.05) is 0 Å². The number of nitrogens with zero attached hydrogens (tertiary/aromatic N) is 3. The van der Waals surface area contributed by atoms with Crippen molar-refractivity contribution in [3.05, 3.63) is 87.9 Å². The van der Waals surface area contributed by atoms with E-state index in [1.165, 1.54) is 18.2 Å². The lowest BCUT2D eigenvalue weighted by Crippen LogP contribution is -2.12. The number of ether oxygens (including phenoxy) is 1. The molecule has 0 aliphatic carbocycles. The first-order valence-electron chi connectivity index (χ1n) is 9.00. The van der Waals surface area contributed by atoms with E-state index in [0.717, 1.165) is 0 Å². The summed E-state index contributed by atoms with van der Waals surface area (Å²) in [6.45, 7) is 1.73. The Morgan fingerprint density at radius 2 is 1.97 bits per heavy atom. The number of hydrogen-bond acceptors (Lipinski definition) is 6. The smallest absolute Gasteiger partial charge is 0.266 e. The number of hydrogen-bond donors (Lipinski definition) is 1. The van der Waals surface area contributed by atoms with E-state index in [2.05, 4.69) is 15.1 Å². The SMILES string of the molecule is Cc1cc(-c2ccc(F)c(-c3noc(COc4ccccc4)n3)c2)c(C#N)c(=O)[nH]1. The fraction of sp³-hybridized carbons (Fsp3) is 0.0909. The van der Waals surface area contributed by atoms with Crippen LogP contribution in [-0.2, 0) is 6.61 Å². The van der Waals surface area contributed by atoms with Crippen LogP contribution in [0.5, 0.6) is 5.75 Å². The van der Waals surface area contributed by atoms with Gasteiger partial charge in [-0.2, -0.15) is 10.2 Å². The fourth-order valence-corrected chi connectivity index (χ4v) is 2.98. The standard InChI is InChI=1S/C22H15FN4O3/c1-13-9-16(18(11-24)22(28)25-13)14-7-8-19(23)17(10-14)21-26-20(30-27-21)12-29-15-5-3-2-4-6-15/h2-10H,12H2,1H3,(H,25,28). The number of benzene rings is 2. The second kappa shape index (κ2) is 8.01. The first kappa shape index (κ1) is 19.1. The maximum atomic E-state index is 14.5. The highest BCUT2D eigenvalue weighted by molar-refractivity contribution is 5.74. The summed E-state index contributed by atoms with van der Waals surface area (Å²) in [5.41, 5.74) is 1.01. The lowest BCUT2D eigenvalue weighted by molar-refractivity contribution is 0.243. The zero-order valence-electron chi connectivity index (χ0n) is 15.8. The van der Waals surface area contributed by atoms with Crippen molar-refractivity contribution in [3.63, 3.8) is 0 Å². The molecule has 2 heterocycles. The van der Waals surface area contributed by atoms with Crippen LogP contribution in [0.2, 0.25) is 0 Å². The van der Waals surface area contributed by atoms with E-state index in [4.69, 9.17) is 9.26 Å². The van der Waals surface area contributed by atoms with E-state index in [1.54, 1.807) is 25.1 Å². The van der Waals surface area contributed by atoms with E-state index in [0.29, 0.717) is 22.6 Å². The largest absolute Gasteiger partial charge is 0.484 e. The van der Waals surface area contributed by atoms with Crippen molar-refractivity contribution in [1.82, 2.24) is 15.1 Å². The van der Waals surface area contributed by atoms with Gasteiger partial charge in [-0.1, -0.05) is 29.4 Å². The van der Waals surface area contributed by atoms with Gasteiger partial charge in [0.05, 0.1) is 5.56 Å². The van der Waals surface area contributed by atoms with Crippen molar-refractivity contribution in [1.29, 1.82) is 5.26 Å². The summed E-state index contributed by atoms with van der Waals surface area (Å²) in [6, 6.07) is 16.9. The van der Waals surface area contributed by atoms with Gasteiger partial charge < -0.3 is 14.2 Å². The molecule has 0 aliphatic heterocycles. The molecule has 0 fully saturated rings. The van der Waals surface area contributed by atoms with Crippen LogP contribution in [0.4, 0.5) is 4.39 Å². The number of nitrogens with one attached hydrogen (secondary N) is 1. The van der Waals surface area contributed by atoms with Gasteiger partial charge in [0.15, 0.2) is 6.61 Å². The summed E-state index contributed by atoms with van der Waals surface area (Å²) in [5, 5.41) is 13.2. The van der Waals surface area contributed by atoms with Gasteiger partial charge in [0, 0.05) is 11.3 Å². The molecule has 0 unspecified atom stereocenters. The lowest BCUT2D eigenvalue weighted by atomic mass is 9.98. The van der Waals surface area contributed by atoms with Crippen LogP contribution in [0, 0.1) is 24.1 Å². The molecule has 0 saturated heterocycles. The Balaban J connectivity index is 1.66. The monoisotopic (exact) mass is 402 g/mol. The molecule has 1 N–H and O–H groups in total. The second-order valence-corrected chi connectivity index (χ2v) is 6.49. The number of para-hydroxylation sites is 1. The first-order chi connectivity index (χ1) is 14.5. The summed E-state index contributed by atoms with van der Waals surface area (Å²) >= 11 is 0. The molecule has 0 amide bonds. The van der Waals surface area contributed by atoms with E-state index >= 15 is 0 Å². The maximum Gasteiger partial charge on any atom is 0.266 e. The molecule has 148 valence electrons. The van der Waals surface area contributed by atoms with Gasteiger partial charge in [0.1, 0.15) is 23.2 Å². The molecule has 4 rings (SSSR count). The fourth-order valence-electron chi connectivity index (χ4n) is 2.98. The Hall–Kier alpha value is -4.25. The minimum atomic E-state index is -0.560. The van der Waals surface area contributed by atoms with Crippen LogP contribution >= 0.6 is 0 Å². The highest BCUT2D eigenvalue weighted by Crippen LogP contribution is 2.29. The molecule has 30 heavy (non-hydrogen) atoms. The molecule has 0 bridgehead atoms. The second-order valence-electron chi connectivity index (χ2n) is 6.49. The molecule has 0 radical (unpaired) electrons. The topological polar surface area (TPSA) is 105 Å². The minimum Gasteiger partial charge on any atom is -0.484 e. The summed E-state index contributed by atoms with van der Waals surface area (Å²) in [6.07, 6.45) is 0. The van der Waals surface area contributed by atoms with Crippen LogP contribution in [0.25, 0.3) is 22.5 Å². The lowest BCUT2D eigenvalue weighted by Gasteiger charge is -2.07. The highest BCUT2D eigenvalue weighted by atomic mass is 19.1. The molecular weight excluding hydrogens is 387 g/mol. The van der Waals surface area contributed by atoms with Crippen LogP contribution in [0.3, 0.4) is 0 Å². The van der Waals surface area contributed by atoms with Crippen LogP contribution in [0.15, 0.2) is 63.9 Å². The molecule has 0 atom stereocenters. The Morgan fingerprint density at radius 3 is 2.73 bits per heavy atom. The number of halogens is 1. The summed E-state index contributed by atoms with van der Waals surface area (Å²) in [5.74, 6) is 0.304. The van der Waals surface area contributed by atoms with Crippen molar-refractivity contribution >= 4 is 0 Å². The van der Waals surface area contributed by atoms with Gasteiger partial charge in [-0.25, -0.2) is 4.39 Å². The number of aromatic nitrogens is 3.